The summed E-state index contributed by atoms with van der Waals surface area (Å²) in [7, 11) is 2.00. The Bertz CT molecular complexity index is 312. The third-order valence-corrected chi connectivity index (χ3v) is 1.55. The van der Waals surface area contributed by atoms with E-state index in [1.54, 1.807) is 6.07 Å². The van der Waals surface area contributed by atoms with Crippen LogP contribution in [0.4, 0.5) is 70.2 Å². The SMILES string of the molecule is CC(C)(C)F.CF.CF.CF.CF.FC(F)(F)F.FC(F)(F)F.FCF.FCc1cccs1. The summed E-state index contributed by atoms with van der Waals surface area (Å²) in [5.74, 6) is 0. The molecule has 0 bridgehead atoms. The molecule has 0 unspecified atom stereocenters. The maximum Gasteiger partial charge on any atom is 0.559 e. The summed E-state index contributed by atoms with van der Waals surface area (Å²) in [6.45, 7) is 2.49. The maximum absolute atomic E-state index is 11.7. The highest BCUT2D eigenvalue weighted by molar-refractivity contribution is 7.09. The van der Waals surface area contributed by atoms with E-state index in [1.807, 2.05) is 11.4 Å². The van der Waals surface area contributed by atoms with Crippen molar-refractivity contribution in [1.82, 2.24) is 0 Å². The Labute approximate surface area is 186 Å². The molecule has 0 saturated heterocycles. The first-order valence-corrected chi connectivity index (χ1v) is 8.14. The number of hydrogen-bond donors (Lipinski definition) is 0. The van der Waals surface area contributed by atoms with Gasteiger partial charge in [0.15, 0.2) is 0 Å². The summed E-state index contributed by atoms with van der Waals surface area (Å²) >= 11 is 1.45. The second kappa shape index (κ2) is 40.9. The molecule has 0 aliphatic carbocycles. The van der Waals surface area contributed by atoms with Crippen LogP contribution in [0.1, 0.15) is 25.6 Å². The number of halogens is 16. The Balaban J connectivity index is -0.0000000372. The fourth-order valence-electron chi connectivity index (χ4n) is 0.389. The number of hydrogen-bond acceptors (Lipinski definition) is 1. The van der Waals surface area contributed by atoms with Gasteiger partial charge in [-0.2, -0.15) is 0 Å². The van der Waals surface area contributed by atoms with Crippen molar-refractivity contribution in [1.29, 1.82) is 0 Å². The average molecular weight is 556 g/mol. The maximum atomic E-state index is 11.7. The Kier molecular flexibility index (Phi) is 65.8. The fourth-order valence-corrected chi connectivity index (χ4v) is 0.941. The summed E-state index contributed by atoms with van der Waals surface area (Å²) in [6.07, 6.45) is -11.0. The van der Waals surface area contributed by atoms with Crippen LogP contribution in [0.5, 0.6) is 0 Å². The quantitative estimate of drug-likeness (QED) is 0.302. The summed E-state index contributed by atoms with van der Waals surface area (Å²) in [5.41, 5.74) is -1.00. The van der Waals surface area contributed by atoms with Crippen LogP contribution in [0, 0.1) is 0 Å². The van der Waals surface area contributed by atoms with Gasteiger partial charge in [0.05, 0.1) is 28.7 Å². The van der Waals surface area contributed by atoms with Gasteiger partial charge in [-0.1, -0.05) is 6.07 Å². The average Bonchev–Trinajstić information content (AvgIpc) is 3.19. The van der Waals surface area contributed by atoms with Gasteiger partial charge in [-0.3, -0.25) is 17.6 Å². The lowest BCUT2D eigenvalue weighted by atomic mass is 10.2. The van der Waals surface area contributed by atoms with Crippen molar-refractivity contribution >= 4 is 11.3 Å². The third-order valence-electron chi connectivity index (χ3n) is 0.712. The Morgan fingerprint density at radius 3 is 0.848 bits per heavy atom. The highest BCUT2D eigenvalue weighted by Gasteiger charge is 2.25. The molecule has 17 heteroatoms. The molecular weight excluding hydrogens is 528 g/mol. The van der Waals surface area contributed by atoms with Gasteiger partial charge >= 0.3 is 12.9 Å². The molecule has 1 aromatic heterocycles. The van der Waals surface area contributed by atoms with Crippen LogP contribution in [0.2, 0.25) is 0 Å². The predicted molar refractivity (Wildman–Crippen MR) is 99.5 cm³/mol. The van der Waals surface area contributed by atoms with Crippen molar-refractivity contribution in [3.63, 3.8) is 0 Å². The van der Waals surface area contributed by atoms with Gasteiger partial charge in [-0.15, -0.1) is 46.5 Å². The highest BCUT2D eigenvalue weighted by Crippen LogP contribution is 2.14. The van der Waals surface area contributed by atoms with Crippen molar-refractivity contribution in [2.45, 2.75) is 46.0 Å². The van der Waals surface area contributed by atoms with Gasteiger partial charge in [0.2, 0.25) is 6.93 Å². The molecule has 1 rings (SSSR count). The minimum absolute atomic E-state index is 0.322. The zero-order valence-electron chi connectivity index (χ0n) is 18.6. The Morgan fingerprint density at radius 2 is 0.788 bits per heavy atom. The summed E-state index contributed by atoms with van der Waals surface area (Å²) in [6, 6.07) is 3.63. The van der Waals surface area contributed by atoms with Crippen molar-refractivity contribution in [2.75, 3.05) is 35.6 Å². The van der Waals surface area contributed by atoms with Crippen LogP contribution in [0.3, 0.4) is 0 Å². The molecule has 1 heterocycles. The molecular formula is C16H28F16S. The minimum Gasteiger partial charge on any atom is -0.255 e. The molecule has 0 aliphatic heterocycles. The third kappa shape index (κ3) is 435. The number of rotatable bonds is 1. The first kappa shape index (κ1) is 53.1. The first-order valence-electron chi connectivity index (χ1n) is 7.26. The van der Waals surface area contributed by atoms with Crippen LogP contribution in [0.25, 0.3) is 0 Å². The molecule has 0 N–H and O–H groups in total. The van der Waals surface area contributed by atoms with Gasteiger partial charge in [0, 0.05) is 4.88 Å². The Morgan fingerprint density at radius 1 is 0.606 bits per heavy atom. The zero-order chi connectivity index (χ0) is 29.3. The molecule has 0 atom stereocenters. The molecule has 0 amide bonds. The first-order chi connectivity index (χ1) is 14.8. The summed E-state index contributed by atoms with van der Waals surface area (Å²) < 4.78 is 158. The van der Waals surface area contributed by atoms with Crippen molar-refractivity contribution in [3.8, 4) is 0 Å². The van der Waals surface area contributed by atoms with Crippen LogP contribution in [0.15, 0.2) is 17.5 Å². The van der Waals surface area contributed by atoms with E-state index in [4.69, 9.17) is 0 Å². The minimum atomic E-state index is -5.50. The lowest BCUT2D eigenvalue weighted by Crippen LogP contribution is -2.01. The van der Waals surface area contributed by atoms with Crippen molar-refractivity contribution in [3.05, 3.63) is 22.4 Å². The monoisotopic (exact) mass is 556 g/mol. The topological polar surface area (TPSA) is 0 Å². The van der Waals surface area contributed by atoms with Gasteiger partial charge in [-0.25, -0.2) is 17.6 Å². The van der Waals surface area contributed by atoms with E-state index in [2.05, 4.69) is 0 Å². The predicted octanol–water partition coefficient (Wildman–Crippen LogP) is 10.1. The molecule has 33 heavy (non-hydrogen) atoms. The smallest absolute Gasteiger partial charge is 0.255 e. The van der Waals surface area contributed by atoms with E-state index in [1.165, 1.54) is 32.1 Å². The fraction of sp³-hybridized carbons (Fsp3) is 0.750. The van der Waals surface area contributed by atoms with E-state index >= 15 is 0 Å². The molecule has 0 saturated carbocycles. The molecule has 210 valence electrons. The van der Waals surface area contributed by atoms with Gasteiger partial charge < -0.3 is 0 Å². The summed E-state index contributed by atoms with van der Waals surface area (Å²) in [4.78, 5) is 0.806. The molecule has 0 spiro atoms. The van der Waals surface area contributed by atoms with Gasteiger partial charge in [0.25, 0.3) is 0 Å². The van der Waals surface area contributed by atoms with E-state index in [0.717, 1.165) is 4.88 Å². The zero-order valence-corrected chi connectivity index (χ0v) is 19.4. The molecule has 0 fully saturated rings. The second-order valence-electron chi connectivity index (χ2n) is 4.24. The molecule has 0 nitrogen and oxygen atoms in total. The highest BCUT2D eigenvalue weighted by atomic mass is 32.1. The lowest BCUT2D eigenvalue weighted by Gasteiger charge is -1.99. The molecule has 0 aliphatic rings. The van der Waals surface area contributed by atoms with Crippen LogP contribution in [-0.2, 0) is 6.67 Å². The number of thiophene rings is 1. The van der Waals surface area contributed by atoms with E-state index < -0.39 is 25.5 Å². The Hall–Kier alpha value is -1.42. The van der Waals surface area contributed by atoms with Gasteiger partial charge in [-0.05, 0) is 32.2 Å². The van der Waals surface area contributed by atoms with Crippen LogP contribution < -0.4 is 0 Å². The molecule has 1 aromatic rings. The van der Waals surface area contributed by atoms with E-state index in [-0.39, 0.29) is 6.67 Å². The lowest BCUT2D eigenvalue weighted by molar-refractivity contribution is -0.238. The van der Waals surface area contributed by atoms with Gasteiger partial charge in [0.1, 0.15) is 12.3 Å². The normalized spacial score (nSPS) is 8.70. The standard InChI is InChI=1S/C5H5FS.C4H9F.2CF4.CH2F2.4CH3F/c6-4-5-2-1-3-7-5;1-4(2,3)5;2*2-1(3,4)5;2-1-3;4*1-2/h1-3H,4H2;1-3H3;;;1H2;4*1H3. The largest absolute Gasteiger partial charge is 0.559 e. The van der Waals surface area contributed by atoms with Crippen molar-refractivity contribution in [2.24, 2.45) is 0 Å². The molecule has 0 aromatic carbocycles. The van der Waals surface area contributed by atoms with Crippen LogP contribution in [-0.4, -0.2) is 54.2 Å². The molecule has 0 radical (unpaired) electrons. The van der Waals surface area contributed by atoms with Crippen LogP contribution >= 0.6 is 11.3 Å². The number of alkyl halides is 16. The van der Waals surface area contributed by atoms with Crippen molar-refractivity contribution < 1.29 is 70.2 Å². The second-order valence-corrected chi connectivity index (χ2v) is 5.27. The summed E-state index contributed by atoms with van der Waals surface area (Å²) in [5, 5.41) is 1.87. The van der Waals surface area contributed by atoms with E-state index in [9.17, 15) is 70.2 Å². The van der Waals surface area contributed by atoms with E-state index in [0.29, 0.717) is 28.7 Å².